The van der Waals surface area contributed by atoms with Crippen LogP contribution < -0.4 is 11.1 Å². The Morgan fingerprint density at radius 1 is 1.12 bits per heavy atom. The molecule has 0 spiro atoms. The Labute approximate surface area is 199 Å². The summed E-state index contributed by atoms with van der Waals surface area (Å²) < 4.78 is 1.39. The SMILES string of the molecule is CC(=O)N1CCN(C(=O)Cn2nc(C(N)=O)c3ccccc32)[C@H](C(=O)Nc2cccc(Cl)n2)C1. The average Bonchev–Trinajstić information content (AvgIpc) is 3.17. The van der Waals surface area contributed by atoms with Gasteiger partial charge in [0.1, 0.15) is 23.6 Å². The van der Waals surface area contributed by atoms with Crippen LogP contribution >= 0.6 is 11.6 Å². The highest BCUT2D eigenvalue weighted by molar-refractivity contribution is 6.29. The number of fused-ring (bicyclic) bond motifs is 1. The molecule has 3 heterocycles. The molecule has 1 fully saturated rings. The lowest BCUT2D eigenvalue weighted by molar-refractivity contribution is -0.146. The molecular weight excluding hydrogens is 462 g/mol. The van der Waals surface area contributed by atoms with E-state index in [0.717, 1.165) is 0 Å². The van der Waals surface area contributed by atoms with Crippen molar-refractivity contribution in [3.8, 4) is 0 Å². The Morgan fingerprint density at radius 2 is 1.88 bits per heavy atom. The van der Waals surface area contributed by atoms with E-state index in [1.165, 1.54) is 21.4 Å². The van der Waals surface area contributed by atoms with Crippen LogP contribution in [0, 0.1) is 0 Å². The van der Waals surface area contributed by atoms with Gasteiger partial charge in [-0.1, -0.05) is 35.9 Å². The fourth-order valence-corrected chi connectivity index (χ4v) is 4.09. The van der Waals surface area contributed by atoms with Gasteiger partial charge < -0.3 is 20.9 Å². The maximum atomic E-state index is 13.3. The minimum atomic E-state index is -0.955. The molecule has 1 aliphatic rings. The van der Waals surface area contributed by atoms with E-state index in [9.17, 15) is 19.2 Å². The molecule has 0 unspecified atom stereocenters. The molecule has 1 aromatic carbocycles. The number of nitrogens with two attached hydrogens (primary N) is 1. The first-order valence-electron chi connectivity index (χ1n) is 10.5. The maximum absolute atomic E-state index is 13.3. The highest BCUT2D eigenvalue weighted by atomic mass is 35.5. The van der Waals surface area contributed by atoms with Gasteiger partial charge >= 0.3 is 0 Å². The predicted octanol–water partition coefficient (Wildman–Crippen LogP) is 0.882. The first kappa shape index (κ1) is 23.2. The Bertz CT molecular complexity index is 1290. The number of benzene rings is 1. The Morgan fingerprint density at radius 3 is 2.59 bits per heavy atom. The number of hydrogen-bond donors (Lipinski definition) is 2. The lowest BCUT2D eigenvalue weighted by Crippen LogP contribution is -2.60. The van der Waals surface area contributed by atoms with Crippen molar-refractivity contribution in [2.24, 2.45) is 5.73 Å². The number of amides is 4. The van der Waals surface area contributed by atoms with Gasteiger partial charge in [-0.05, 0) is 18.2 Å². The number of nitrogens with one attached hydrogen (secondary N) is 1. The highest BCUT2D eigenvalue weighted by Gasteiger charge is 2.36. The molecule has 176 valence electrons. The van der Waals surface area contributed by atoms with E-state index in [0.29, 0.717) is 10.9 Å². The summed E-state index contributed by atoms with van der Waals surface area (Å²) in [5.74, 6) is -1.57. The zero-order valence-corrected chi connectivity index (χ0v) is 19.0. The topological polar surface area (TPSA) is 144 Å². The number of carbonyl (C=O) groups excluding carboxylic acids is 4. The first-order valence-corrected chi connectivity index (χ1v) is 10.9. The van der Waals surface area contributed by atoms with Crippen LogP contribution in [0.25, 0.3) is 10.9 Å². The van der Waals surface area contributed by atoms with Crippen LogP contribution in [0.2, 0.25) is 5.15 Å². The molecule has 11 nitrogen and oxygen atoms in total. The molecule has 0 aliphatic carbocycles. The van der Waals surface area contributed by atoms with E-state index in [1.807, 2.05) is 0 Å². The molecule has 1 atom stereocenters. The third-order valence-electron chi connectivity index (χ3n) is 5.59. The van der Waals surface area contributed by atoms with Gasteiger partial charge in [0.05, 0.1) is 12.1 Å². The number of hydrogen-bond acceptors (Lipinski definition) is 6. The van der Waals surface area contributed by atoms with Crippen molar-refractivity contribution < 1.29 is 19.2 Å². The van der Waals surface area contributed by atoms with E-state index >= 15 is 0 Å². The highest BCUT2D eigenvalue weighted by Crippen LogP contribution is 2.20. The summed E-state index contributed by atoms with van der Waals surface area (Å²) in [5, 5.41) is 7.62. The van der Waals surface area contributed by atoms with Crippen molar-refractivity contribution in [2.75, 3.05) is 25.0 Å². The van der Waals surface area contributed by atoms with Crippen molar-refractivity contribution in [1.29, 1.82) is 0 Å². The van der Waals surface area contributed by atoms with E-state index in [1.54, 1.807) is 42.5 Å². The van der Waals surface area contributed by atoms with Crippen molar-refractivity contribution >= 4 is 52.0 Å². The molecule has 3 N–H and O–H groups in total. The minimum absolute atomic E-state index is 0.0276. The van der Waals surface area contributed by atoms with E-state index < -0.39 is 23.8 Å². The number of para-hydroxylation sites is 1. The second-order valence-corrected chi connectivity index (χ2v) is 8.18. The molecular formula is C22H22ClN7O4. The fourth-order valence-electron chi connectivity index (χ4n) is 3.93. The second kappa shape index (κ2) is 9.48. The van der Waals surface area contributed by atoms with E-state index in [2.05, 4.69) is 15.4 Å². The molecule has 1 aliphatic heterocycles. The van der Waals surface area contributed by atoms with Crippen molar-refractivity contribution in [1.82, 2.24) is 24.6 Å². The summed E-state index contributed by atoms with van der Waals surface area (Å²) >= 11 is 5.90. The number of primary amides is 1. The summed E-state index contributed by atoms with van der Waals surface area (Å²) in [6.07, 6.45) is 0. The molecule has 2 aromatic heterocycles. The number of piperazine rings is 1. The third kappa shape index (κ3) is 4.69. The number of nitrogens with zero attached hydrogens (tertiary/aromatic N) is 5. The summed E-state index contributed by atoms with van der Waals surface area (Å²) in [6, 6.07) is 10.7. The smallest absolute Gasteiger partial charge is 0.269 e. The largest absolute Gasteiger partial charge is 0.364 e. The number of halogens is 1. The van der Waals surface area contributed by atoms with Crippen LogP contribution in [0.1, 0.15) is 17.4 Å². The van der Waals surface area contributed by atoms with E-state index in [-0.39, 0.29) is 48.8 Å². The van der Waals surface area contributed by atoms with Gasteiger partial charge in [-0.15, -0.1) is 0 Å². The number of rotatable bonds is 5. The van der Waals surface area contributed by atoms with Gasteiger partial charge in [0.25, 0.3) is 5.91 Å². The molecule has 0 bridgehead atoms. The first-order chi connectivity index (χ1) is 16.2. The fraction of sp³-hybridized carbons (Fsp3) is 0.273. The van der Waals surface area contributed by atoms with Gasteiger partial charge in [-0.3, -0.25) is 23.9 Å². The van der Waals surface area contributed by atoms with E-state index in [4.69, 9.17) is 17.3 Å². The van der Waals surface area contributed by atoms with Crippen molar-refractivity contribution in [3.63, 3.8) is 0 Å². The van der Waals surface area contributed by atoms with Crippen LogP contribution in [0.4, 0.5) is 5.82 Å². The predicted molar refractivity (Wildman–Crippen MR) is 124 cm³/mol. The van der Waals surface area contributed by atoms with Crippen LogP contribution in [0.3, 0.4) is 0 Å². The van der Waals surface area contributed by atoms with Crippen LogP contribution in [0.15, 0.2) is 42.5 Å². The van der Waals surface area contributed by atoms with Crippen molar-refractivity contribution in [3.05, 3.63) is 53.3 Å². The van der Waals surface area contributed by atoms with Crippen molar-refractivity contribution in [2.45, 2.75) is 19.5 Å². The van der Waals surface area contributed by atoms with Gasteiger partial charge in [0.15, 0.2) is 5.69 Å². The number of aromatic nitrogens is 3. The summed E-state index contributed by atoms with van der Waals surface area (Å²) in [4.78, 5) is 57.1. The van der Waals surface area contributed by atoms with Gasteiger partial charge in [0.2, 0.25) is 17.7 Å². The second-order valence-electron chi connectivity index (χ2n) is 7.79. The summed E-state index contributed by atoms with van der Waals surface area (Å²) in [5.41, 5.74) is 6.07. The van der Waals surface area contributed by atoms with Crippen LogP contribution in [-0.4, -0.2) is 73.9 Å². The zero-order valence-electron chi connectivity index (χ0n) is 18.3. The lowest BCUT2D eigenvalue weighted by Gasteiger charge is -2.40. The normalized spacial score (nSPS) is 15.9. The number of pyridine rings is 1. The minimum Gasteiger partial charge on any atom is -0.364 e. The molecule has 0 radical (unpaired) electrons. The monoisotopic (exact) mass is 483 g/mol. The molecule has 4 amide bonds. The quantitative estimate of drug-likeness (QED) is 0.515. The third-order valence-corrected chi connectivity index (χ3v) is 5.80. The molecule has 34 heavy (non-hydrogen) atoms. The lowest BCUT2D eigenvalue weighted by atomic mass is 10.1. The standard InChI is InChI=1S/C22H22ClN7O4/c1-13(31)28-9-10-29(16(11-28)22(34)26-18-8-4-7-17(23)25-18)19(32)12-30-15-6-3-2-5-14(15)20(27-30)21(24)33/h2-8,16H,9-12H2,1H3,(H2,24,33)(H,25,26,34)/t16-/m0/s1. The van der Waals surface area contributed by atoms with Gasteiger partial charge in [-0.25, -0.2) is 4.98 Å². The van der Waals surface area contributed by atoms with Gasteiger partial charge in [0, 0.05) is 25.4 Å². The maximum Gasteiger partial charge on any atom is 0.269 e. The molecule has 3 aromatic rings. The van der Waals surface area contributed by atoms with Crippen LogP contribution in [-0.2, 0) is 20.9 Å². The Balaban J connectivity index is 1.60. The Kier molecular flexibility index (Phi) is 6.46. The molecule has 0 saturated carbocycles. The number of carbonyl (C=O) groups is 4. The van der Waals surface area contributed by atoms with Crippen LogP contribution in [0.5, 0.6) is 0 Å². The Hall–Kier alpha value is -3.99. The number of anilines is 1. The molecule has 12 heteroatoms. The molecule has 4 rings (SSSR count). The molecule has 1 saturated heterocycles. The van der Waals surface area contributed by atoms with Gasteiger partial charge in [-0.2, -0.15) is 5.10 Å². The zero-order chi connectivity index (χ0) is 24.4. The summed E-state index contributed by atoms with van der Waals surface area (Å²) in [6.45, 7) is 1.66. The average molecular weight is 484 g/mol. The summed E-state index contributed by atoms with van der Waals surface area (Å²) in [7, 11) is 0.